The molecule has 130 valence electrons. The number of imidazole rings is 1. The fourth-order valence-electron chi connectivity index (χ4n) is 2.85. The molecule has 0 aliphatic carbocycles. The summed E-state index contributed by atoms with van der Waals surface area (Å²) in [6.45, 7) is 10.6. The van der Waals surface area contributed by atoms with Crippen molar-refractivity contribution in [2.75, 3.05) is 6.61 Å². The SMILES string of the molecule is CC.CCOC(=O)c1cnc2n1C(c1cccc(I)c1)C(C)(C)S2. The number of hydrogen-bond acceptors (Lipinski definition) is 4. The molecule has 0 spiro atoms. The average Bonchev–Trinajstić information content (AvgIpc) is 3.03. The number of esters is 1. The molecule has 3 rings (SSSR count). The summed E-state index contributed by atoms with van der Waals surface area (Å²) < 4.78 is 8.31. The molecule has 6 heteroatoms. The van der Waals surface area contributed by atoms with Crippen LogP contribution in [0.15, 0.2) is 35.6 Å². The van der Waals surface area contributed by atoms with Crippen molar-refractivity contribution in [3.05, 3.63) is 45.3 Å². The van der Waals surface area contributed by atoms with Gasteiger partial charge in [0.1, 0.15) is 5.69 Å². The lowest BCUT2D eigenvalue weighted by Gasteiger charge is -2.28. The Morgan fingerprint density at radius 1 is 1.42 bits per heavy atom. The summed E-state index contributed by atoms with van der Waals surface area (Å²) in [6.07, 6.45) is 1.62. The minimum atomic E-state index is -0.310. The molecule has 1 aliphatic heterocycles. The van der Waals surface area contributed by atoms with Gasteiger partial charge in [-0.15, -0.1) is 0 Å². The summed E-state index contributed by atoms with van der Waals surface area (Å²) in [6, 6.07) is 8.46. The van der Waals surface area contributed by atoms with Crippen LogP contribution in [0.2, 0.25) is 0 Å². The first-order valence-corrected chi connectivity index (χ1v) is 10.0. The molecule has 24 heavy (non-hydrogen) atoms. The number of thioether (sulfide) groups is 1. The summed E-state index contributed by atoms with van der Waals surface area (Å²) in [5, 5.41) is 0.872. The predicted octanol–water partition coefficient (Wildman–Crippen LogP) is 5.16. The maximum Gasteiger partial charge on any atom is 0.356 e. The minimum Gasteiger partial charge on any atom is -0.461 e. The molecule has 1 atom stereocenters. The highest BCUT2D eigenvalue weighted by molar-refractivity contribution is 14.1. The number of aromatic nitrogens is 2. The number of hydrogen-bond donors (Lipinski definition) is 0. The molecule has 0 bridgehead atoms. The van der Waals surface area contributed by atoms with Gasteiger partial charge in [-0.25, -0.2) is 9.78 Å². The lowest BCUT2D eigenvalue weighted by Crippen LogP contribution is -2.28. The van der Waals surface area contributed by atoms with Crippen molar-refractivity contribution in [1.82, 2.24) is 9.55 Å². The molecule has 1 unspecified atom stereocenters. The van der Waals surface area contributed by atoms with Crippen LogP contribution < -0.4 is 0 Å². The van der Waals surface area contributed by atoms with Crippen molar-refractivity contribution < 1.29 is 9.53 Å². The first-order chi connectivity index (χ1) is 11.4. The van der Waals surface area contributed by atoms with E-state index in [0.29, 0.717) is 12.3 Å². The van der Waals surface area contributed by atoms with Crippen molar-refractivity contribution >= 4 is 40.3 Å². The normalized spacial score (nSPS) is 17.7. The largest absolute Gasteiger partial charge is 0.461 e. The van der Waals surface area contributed by atoms with E-state index in [1.807, 2.05) is 25.3 Å². The molecule has 0 saturated carbocycles. The lowest BCUT2D eigenvalue weighted by molar-refractivity contribution is 0.0511. The number of carbonyl (C=O) groups excluding carboxylic acids is 1. The highest BCUT2D eigenvalue weighted by Crippen LogP contribution is 2.51. The number of rotatable bonds is 3. The monoisotopic (exact) mass is 458 g/mol. The predicted molar refractivity (Wildman–Crippen MR) is 107 cm³/mol. The second kappa shape index (κ2) is 7.91. The Hall–Kier alpha value is -1.02. The van der Waals surface area contributed by atoms with Gasteiger partial charge in [-0.1, -0.05) is 37.7 Å². The van der Waals surface area contributed by atoms with E-state index in [1.54, 1.807) is 18.0 Å². The van der Waals surface area contributed by atoms with Crippen molar-refractivity contribution in [2.45, 2.75) is 50.6 Å². The van der Waals surface area contributed by atoms with Crippen LogP contribution in [0.3, 0.4) is 0 Å². The van der Waals surface area contributed by atoms with Crippen LogP contribution in [0.25, 0.3) is 0 Å². The van der Waals surface area contributed by atoms with Gasteiger partial charge in [0.25, 0.3) is 0 Å². The summed E-state index contributed by atoms with van der Waals surface area (Å²) in [4.78, 5) is 16.6. The molecule has 0 saturated heterocycles. The number of nitrogens with zero attached hydrogens (tertiary/aromatic N) is 2. The zero-order valence-electron chi connectivity index (χ0n) is 14.7. The number of fused-ring (bicyclic) bond motifs is 1. The van der Waals surface area contributed by atoms with Crippen molar-refractivity contribution in [3.63, 3.8) is 0 Å². The van der Waals surface area contributed by atoms with Crippen LogP contribution in [0.4, 0.5) is 0 Å². The second-order valence-corrected chi connectivity index (χ2v) is 8.55. The van der Waals surface area contributed by atoms with Gasteiger partial charge < -0.3 is 9.30 Å². The fraction of sp³-hybridized carbons (Fsp3) is 0.444. The molecule has 2 aromatic rings. The number of halogens is 1. The molecule has 0 N–H and O–H groups in total. The Bertz CT molecular complexity index is 728. The van der Waals surface area contributed by atoms with Crippen LogP contribution in [-0.2, 0) is 4.74 Å². The maximum atomic E-state index is 12.2. The van der Waals surface area contributed by atoms with Gasteiger partial charge in [0.15, 0.2) is 5.16 Å². The number of ether oxygens (including phenoxy) is 1. The molecular formula is C18H23IN2O2S. The minimum absolute atomic E-state index is 0.0594. The van der Waals surface area contributed by atoms with Crippen LogP contribution in [0.1, 0.15) is 56.7 Å². The van der Waals surface area contributed by atoms with E-state index in [-0.39, 0.29) is 16.8 Å². The van der Waals surface area contributed by atoms with Crippen molar-refractivity contribution in [3.8, 4) is 0 Å². The van der Waals surface area contributed by atoms with Crippen LogP contribution >= 0.6 is 34.4 Å². The van der Waals surface area contributed by atoms with Gasteiger partial charge in [-0.2, -0.15) is 0 Å². The quantitative estimate of drug-likeness (QED) is 0.471. The maximum absolute atomic E-state index is 12.2. The highest BCUT2D eigenvalue weighted by atomic mass is 127. The van der Waals surface area contributed by atoms with Gasteiger partial charge in [0.05, 0.1) is 18.8 Å². The van der Waals surface area contributed by atoms with Gasteiger partial charge in [0.2, 0.25) is 0 Å². The Kier molecular flexibility index (Phi) is 6.36. The van der Waals surface area contributed by atoms with E-state index in [0.717, 1.165) is 5.16 Å². The Labute approximate surface area is 161 Å². The molecule has 1 aliphatic rings. The summed E-state index contributed by atoms with van der Waals surface area (Å²) >= 11 is 4.01. The van der Waals surface area contributed by atoms with Gasteiger partial charge >= 0.3 is 5.97 Å². The molecule has 0 radical (unpaired) electrons. The summed E-state index contributed by atoms with van der Waals surface area (Å²) in [5.41, 5.74) is 1.71. The van der Waals surface area contributed by atoms with E-state index in [4.69, 9.17) is 4.74 Å². The molecule has 0 fully saturated rings. The standard InChI is InChI=1S/C16H17IN2O2S.C2H6/c1-4-21-14(20)12-9-18-15-19(12)13(16(2,3)22-15)10-6-5-7-11(17)8-10;1-2/h5-9,13H,4H2,1-3H3;1-2H3. The van der Waals surface area contributed by atoms with E-state index < -0.39 is 0 Å². The Balaban J connectivity index is 0.00000100. The summed E-state index contributed by atoms with van der Waals surface area (Å²) in [5.74, 6) is -0.310. The molecular weight excluding hydrogens is 435 g/mol. The fourth-order valence-corrected chi connectivity index (χ4v) is 4.65. The van der Waals surface area contributed by atoms with E-state index in [1.165, 1.54) is 9.13 Å². The second-order valence-electron chi connectivity index (χ2n) is 5.68. The zero-order valence-corrected chi connectivity index (χ0v) is 17.6. The first kappa shape index (κ1) is 19.3. The zero-order chi connectivity index (χ0) is 17.9. The van der Waals surface area contributed by atoms with E-state index in [9.17, 15) is 4.79 Å². The van der Waals surface area contributed by atoms with Crippen molar-refractivity contribution in [1.29, 1.82) is 0 Å². The smallest absolute Gasteiger partial charge is 0.356 e. The van der Waals surface area contributed by atoms with Crippen LogP contribution in [0, 0.1) is 3.57 Å². The van der Waals surface area contributed by atoms with Gasteiger partial charge in [-0.05, 0) is 61.1 Å². The molecule has 1 aromatic carbocycles. The Morgan fingerprint density at radius 2 is 2.12 bits per heavy atom. The van der Waals surface area contributed by atoms with E-state index in [2.05, 4.69) is 65.7 Å². The van der Waals surface area contributed by atoms with E-state index >= 15 is 0 Å². The molecule has 2 heterocycles. The summed E-state index contributed by atoms with van der Waals surface area (Å²) in [7, 11) is 0. The molecule has 0 amide bonds. The number of carbonyl (C=O) groups is 1. The number of benzene rings is 1. The molecule has 4 nitrogen and oxygen atoms in total. The topological polar surface area (TPSA) is 44.1 Å². The van der Waals surface area contributed by atoms with Gasteiger partial charge in [0, 0.05) is 8.32 Å². The Morgan fingerprint density at radius 3 is 2.75 bits per heavy atom. The van der Waals surface area contributed by atoms with Gasteiger partial charge in [-0.3, -0.25) is 0 Å². The third-order valence-corrected chi connectivity index (χ3v) is 5.59. The third-order valence-electron chi connectivity index (χ3n) is 3.68. The third kappa shape index (κ3) is 3.64. The first-order valence-electron chi connectivity index (χ1n) is 8.13. The average molecular weight is 458 g/mol. The van der Waals surface area contributed by atoms with Crippen molar-refractivity contribution in [2.24, 2.45) is 0 Å². The van der Waals surface area contributed by atoms with Crippen LogP contribution in [0.5, 0.6) is 0 Å². The lowest BCUT2D eigenvalue weighted by atomic mass is 9.95. The molecule has 1 aromatic heterocycles. The highest BCUT2D eigenvalue weighted by Gasteiger charge is 2.44. The van der Waals surface area contributed by atoms with Crippen LogP contribution in [-0.4, -0.2) is 26.9 Å².